The van der Waals surface area contributed by atoms with E-state index in [0.717, 1.165) is 22.3 Å². The first-order valence-electron chi connectivity index (χ1n) is 33.5. The molecule has 0 bridgehead atoms. The number of imide groups is 4. The zero-order chi connectivity index (χ0) is 71.2. The first-order chi connectivity index (χ1) is 41.5. The van der Waals surface area contributed by atoms with Crippen LogP contribution in [0.1, 0.15) is 132 Å². The lowest BCUT2D eigenvalue weighted by atomic mass is 9.70. The summed E-state index contributed by atoms with van der Waals surface area (Å²) in [5.41, 5.74) is 2.42. The number of urea groups is 4. The molecule has 8 rings (SSSR count). The van der Waals surface area contributed by atoms with Crippen LogP contribution in [0.3, 0.4) is 0 Å². The molecule has 0 aromatic rings. The van der Waals surface area contributed by atoms with E-state index in [1.54, 1.807) is 28.2 Å². The molecule has 12 amide bonds. The normalized spacial score (nSPS) is 33.9. The average Bonchev–Trinajstić information content (AvgIpc) is 1.48. The monoisotopic (exact) mass is 1350 g/mol. The SMILES string of the molecule is CC(C)C[C@@]12CC/C(=C\[Si](C)(C)C)[C@]1(O)N(C)C(=O)N(C)C2=O.CC(C)C[C@@]12CC/C(=C\[Si](C)(C)C)[C@]1(O)N(C)C(=O)N(C)C2=O.CC(C)C[C@]12CC/C(=C\[Si](C)(C)C)[C@@]1(O)N(C)C(=O)N(C)C2=O.CC(C)C[C@]12CC/C(=C\[Si](C)(C)C)[C@@]1(O)N(C)C(=O)N(C)C2=O. The minimum absolute atomic E-state index is 0.240. The topological polar surface area (TPSA) is 243 Å². The molecule has 520 valence electrons. The van der Waals surface area contributed by atoms with Crippen molar-refractivity contribution in [2.75, 3.05) is 56.4 Å². The van der Waals surface area contributed by atoms with E-state index in [2.05, 4.69) is 157 Å². The molecule has 4 aliphatic carbocycles. The summed E-state index contributed by atoms with van der Waals surface area (Å²) in [6.45, 7) is 42.8. The van der Waals surface area contributed by atoms with Gasteiger partial charge in [0.2, 0.25) is 23.6 Å². The Balaban J connectivity index is 0.000000223. The van der Waals surface area contributed by atoms with Gasteiger partial charge in [-0.2, -0.15) is 0 Å². The van der Waals surface area contributed by atoms with Crippen LogP contribution in [0.2, 0.25) is 78.6 Å². The van der Waals surface area contributed by atoms with E-state index in [4.69, 9.17) is 0 Å². The van der Waals surface area contributed by atoms with Gasteiger partial charge in [-0.1, -0.05) is 157 Å². The van der Waals surface area contributed by atoms with Crippen molar-refractivity contribution in [3.63, 3.8) is 0 Å². The van der Waals surface area contributed by atoms with Gasteiger partial charge in [0, 0.05) is 56.4 Å². The van der Waals surface area contributed by atoms with Crippen LogP contribution in [0.15, 0.2) is 45.1 Å². The molecule has 4 aliphatic heterocycles. The Morgan fingerprint density at radius 1 is 0.315 bits per heavy atom. The van der Waals surface area contributed by atoms with Crippen molar-refractivity contribution in [1.29, 1.82) is 0 Å². The van der Waals surface area contributed by atoms with E-state index in [1.807, 2.05) is 0 Å². The minimum Gasteiger partial charge on any atom is -0.366 e. The van der Waals surface area contributed by atoms with E-state index >= 15 is 0 Å². The largest absolute Gasteiger partial charge is 0.366 e. The molecular formula is C68H120N8O12Si4. The first-order valence-corrected chi connectivity index (χ1v) is 47.8. The number of aliphatic hydroxyl groups is 4. The van der Waals surface area contributed by atoms with Crippen LogP contribution >= 0.6 is 0 Å². The van der Waals surface area contributed by atoms with E-state index in [0.29, 0.717) is 77.0 Å². The Bertz CT molecular complexity index is 2670. The molecule has 0 aromatic heterocycles. The third-order valence-electron chi connectivity index (χ3n) is 20.3. The Labute approximate surface area is 555 Å². The molecule has 0 spiro atoms. The maximum absolute atomic E-state index is 13.0. The van der Waals surface area contributed by atoms with Gasteiger partial charge in [0.15, 0.2) is 22.9 Å². The van der Waals surface area contributed by atoms with E-state index in [9.17, 15) is 58.8 Å². The molecule has 4 saturated heterocycles. The van der Waals surface area contributed by atoms with Crippen LogP contribution < -0.4 is 0 Å². The number of amides is 12. The van der Waals surface area contributed by atoms with Gasteiger partial charge in [0.05, 0.1) is 32.3 Å². The van der Waals surface area contributed by atoms with Crippen molar-refractivity contribution in [2.24, 2.45) is 45.3 Å². The summed E-state index contributed by atoms with van der Waals surface area (Å²) in [6, 6.07) is -1.72. The molecule has 4 heterocycles. The predicted octanol–water partition coefficient (Wildman–Crippen LogP) is 11.3. The zero-order valence-corrected chi connectivity index (χ0v) is 65.7. The second kappa shape index (κ2) is 26.1. The van der Waals surface area contributed by atoms with Crippen LogP contribution in [0.25, 0.3) is 0 Å². The van der Waals surface area contributed by atoms with Gasteiger partial charge in [-0.05, 0) is 123 Å². The Morgan fingerprint density at radius 2 is 0.457 bits per heavy atom. The molecule has 8 fully saturated rings. The van der Waals surface area contributed by atoms with Crippen molar-refractivity contribution in [2.45, 2.75) is 234 Å². The number of likely N-dealkylation sites (N-methyl/N-ethyl adjacent to an activating group) is 4. The molecule has 4 N–H and O–H groups in total. The number of rotatable bonds is 12. The smallest absolute Gasteiger partial charge is 0.328 e. The predicted molar refractivity (Wildman–Crippen MR) is 374 cm³/mol. The Hall–Kier alpha value is -4.57. The number of carbonyl (C=O) groups excluding carboxylic acids is 8. The van der Waals surface area contributed by atoms with Gasteiger partial charge in [-0.25, -0.2) is 19.2 Å². The summed E-state index contributed by atoms with van der Waals surface area (Å²) in [4.78, 5) is 112. The van der Waals surface area contributed by atoms with Crippen LogP contribution in [0.5, 0.6) is 0 Å². The highest BCUT2D eigenvalue weighted by atomic mass is 28.3. The van der Waals surface area contributed by atoms with Gasteiger partial charge >= 0.3 is 24.1 Å². The number of carbonyl (C=O) groups is 8. The van der Waals surface area contributed by atoms with Crippen LogP contribution in [0, 0.1) is 45.3 Å². The standard InChI is InChI=1S/4C17H30N2O3Si/c4*1-12(2)10-16-9-8-13(11-23(5,6)7)17(16,22)19(4)15(21)18(3)14(16)20/h4*11-12,22H,8-10H2,1-7H3/b4*13-11+/t4*16-,17-/m1100/s1. The second-order valence-electron chi connectivity index (χ2n) is 34.4. The van der Waals surface area contributed by atoms with E-state index < -0.39 is 101 Å². The van der Waals surface area contributed by atoms with Crippen molar-refractivity contribution >= 4 is 80.0 Å². The van der Waals surface area contributed by atoms with Crippen LogP contribution in [-0.4, -0.2) is 219 Å². The highest BCUT2D eigenvalue weighted by Crippen LogP contribution is 2.62. The van der Waals surface area contributed by atoms with Gasteiger partial charge in [0.1, 0.15) is 21.7 Å². The fourth-order valence-electron chi connectivity index (χ4n) is 17.2. The minimum atomic E-state index is -1.59. The first kappa shape index (κ1) is 78.1. The molecule has 0 aromatic carbocycles. The zero-order valence-electron chi connectivity index (χ0n) is 61.7. The second-order valence-corrected chi connectivity index (χ2v) is 54.5. The fraction of sp³-hybridized carbons (Fsp3) is 0.765. The van der Waals surface area contributed by atoms with Crippen LogP contribution in [-0.2, 0) is 19.2 Å². The maximum Gasteiger partial charge on any atom is 0.328 e. The van der Waals surface area contributed by atoms with Gasteiger partial charge in [-0.3, -0.25) is 58.4 Å². The van der Waals surface area contributed by atoms with E-state index in [1.165, 1.54) is 67.4 Å². The summed E-state index contributed by atoms with van der Waals surface area (Å²) in [6.07, 6.45) is 7.38. The molecule has 24 heteroatoms. The summed E-state index contributed by atoms with van der Waals surface area (Å²) < 4.78 is 0. The number of hydrogen-bond donors (Lipinski definition) is 4. The van der Waals surface area contributed by atoms with Crippen molar-refractivity contribution in [3.05, 3.63) is 45.1 Å². The lowest BCUT2D eigenvalue weighted by molar-refractivity contribution is -0.184. The summed E-state index contributed by atoms with van der Waals surface area (Å²) in [5, 5.41) is 46.7. The van der Waals surface area contributed by atoms with Crippen molar-refractivity contribution in [1.82, 2.24) is 39.2 Å². The summed E-state index contributed by atoms with van der Waals surface area (Å²) in [5.74, 6) is 0.0648. The Morgan fingerprint density at radius 3 is 0.576 bits per heavy atom. The van der Waals surface area contributed by atoms with Crippen molar-refractivity contribution < 1.29 is 58.8 Å². The third kappa shape index (κ3) is 13.1. The third-order valence-corrected chi connectivity index (χ3v) is 25.2. The Kier molecular flexibility index (Phi) is 22.2. The number of nitrogens with zero attached hydrogens (tertiary/aromatic N) is 8. The lowest BCUT2D eigenvalue weighted by Crippen LogP contribution is -2.71. The maximum atomic E-state index is 13.0. The highest BCUT2D eigenvalue weighted by molar-refractivity contribution is 6.82. The van der Waals surface area contributed by atoms with Crippen LogP contribution in [0.4, 0.5) is 19.2 Å². The van der Waals surface area contributed by atoms with Gasteiger partial charge in [0.25, 0.3) is 0 Å². The molecule has 92 heavy (non-hydrogen) atoms. The fourth-order valence-corrected chi connectivity index (χ4v) is 22.7. The highest BCUT2D eigenvalue weighted by Gasteiger charge is 2.73. The molecule has 0 radical (unpaired) electrons. The molecule has 0 unspecified atom stereocenters. The van der Waals surface area contributed by atoms with E-state index in [-0.39, 0.29) is 47.3 Å². The molecule has 8 aliphatic rings. The quantitative estimate of drug-likeness (QED) is 0.133. The molecule has 20 nitrogen and oxygen atoms in total. The number of fused-ring (bicyclic) bond motifs is 4. The molecular weight excluding hydrogens is 1230 g/mol. The van der Waals surface area contributed by atoms with Gasteiger partial charge in [-0.15, -0.1) is 0 Å². The summed E-state index contributed by atoms with van der Waals surface area (Å²) in [7, 11) is 6.15. The van der Waals surface area contributed by atoms with Gasteiger partial charge < -0.3 is 20.4 Å². The average molecular weight is 1350 g/mol. The number of hydrogen-bond acceptors (Lipinski definition) is 12. The van der Waals surface area contributed by atoms with Crippen molar-refractivity contribution in [3.8, 4) is 0 Å². The molecule has 4 saturated carbocycles. The molecule has 8 atom stereocenters. The lowest BCUT2D eigenvalue weighted by Gasteiger charge is -2.53. The summed E-state index contributed by atoms with van der Waals surface area (Å²) >= 11 is 0.